The Morgan fingerprint density at radius 3 is 2.39 bits per heavy atom. The number of carbonyl (C=O) groups excluding carboxylic acids is 1. The zero-order valence-corrected chi connectivity index (χ0v) is 17.7. The van der Waals surface area contributed by atoms with Crippen LogP contribution in [0.5, 0.6) is 0 Å². The number of anilines is 1. The van der Waals surface area contributed by atoms with Crippen molar-refractivity contribution in [1.29, 1.82) is 0 Å². The van der Waals surface area contributed by atoms with Gasteiger partial charge in [-0.05, 0) is 57.2 Å². The van der Waals surface area contributed by atoms with Crippen molar-refractivity contribution < 1.29 is 9.90 Å². The van der Waals surface area contributed by atoms with Gasteiger partial charge in [0.05, 0.1) is 6.54 Å². The van der Waals surface area contributed by atoms with Crippen molar-refractivity contribution >= 4 is 17.7 Å². The highest BCUT2D eigenvalue weighted by molar-refractivity contribution is 5.89. The van der Waals surface area contributed by atoms with Gasteiger partial charge in [0, 0.05) is 31.4 Å². The molecule has 1 unspecified atom stereocenters. The number of aliphatic hydroxyl groups is 1. The van der Waals surface area contributed by atoms with Crippen LogP contribution in [0.1, 0.15) is 52.5 Å². The molecule has 0 saturated heterocycles. The van der Waals surface area contributed by atoms with Gasteiger partial charge in [0.2, 0.25) is 0 Å². The van der Waals surface area contributed by atoms with Crippen molar-refractivity contribution in [3.8, 4) is 0 Å². The molecule has 2 amide bonds. The number of aliphatic hydroxyl groups excluding tert-OH is 1. The number of benzene rings is 1. The van der Waals surface area contributed by atoms with Crippen LogP contribution in [0, 0.1) is 5.92 Å². The molecule has 0 spiro atoms. The summed E-state index contributed by atoms with van der Waals surface area (Å²) in [6.07, 6.45) is 3.00. The maximum absolute atomic E-state index is 11.7. The van der Waals surface area contributed by atoms with E-state index in [1.54, 1.807) is 0 Å². The lowest BCUT2D eigenvalue weighted by atomic mass is 10.0. The van der Waals surface area contributed by atoms with Gasteiger partial charge in [-0.1, -0.05) is 25.5 Å². The maximum Gasteiger partial charge on any atom is 0.319 e. The van der Waals surface area contributed by atoms with Gasteiger partial charge in [-0.3, -0.25) is 0 Å². The second-order valence-electron chi connectivity index (χ2n) is 7.19. The van der Waals surface area contributed by atoms with Gasteiger partial charge in [0.25, 0.3) is 0 Å². The van der Waals surface area contributed by atoms with Crippen molar-refractivity contribution in [3.63, 3.8) is 0 Å². The van der Waals surface area contributed by atoms with E-state index in [9.17, 15) is 9.90 Å². The third-order valence-electron chi connectivity index (χ3n) is 4.19. The molecule has 7 heteroatoms. The summed E-state index contributed by atoms with van der Waals surface area (Å²) in [7, 11) is 0. The minimum absolute atomic E-state index is 0.0971. The first-order valence-corrected chi connectivity index (χ1v) is 10.3. The Hall–Kier alpha value is -2.28. The Balaban J connectivity index is 2.60. The van der Waals surface area contributed by atoms with Crippen molar-refractivity contribution in [2.24, 2.45) is 10.9 Å². The maximum atomic E-state index is 11.7. The van der Waals surface area contributed by atoms with Gasteiger partial charge in [0.15, 0.2) is 5.96 Å². The summed E-state index contributed by atoms with van der Waals surface area (Å²) in [4.78, 5) is 16.4. The minimum Gasteiger partial charge on any atom is -0.396 e. The van der Waals surface area contributed by atoms with Crippen LogP contribution in [-0.4, -0.2) is 42.8 Å². The van der Waals surface area contributed by atoms with Gasteiger partial charge in [-0.25, -0.2) is 9.79 Å². The fourth-order valence-corrected chi connectivity index (χ4v) is 2.82. The number of nitrogens with one attached hydrogen (secondary N) is 4. The molecular weight excluding hydrogens is 354 g/mol. The molecule has 158 valence electrons. The average Bonchev–Trinajstić information content (AvgIpc) is 2.64. The van der Waals surface area contributed by atoms with Crippen LogP contribution in [0.3, 0.4) is 0 Å². The molecule has 7 nitrogen and oxygen atoms in total. The van der Waals surface area contributed by atoms with E-state index in [1.807, 2.05) is 45.0 Å². The van der Waals surface area contributed by atoms with Crippen molar-refractivity contribution in [2.75, 3.05) is 25.0 Å². The number of guanidine groups is 1. The third kappa shape index (κ3) is 10.2. The average molecular weight is 392 g/mol. The molecule has 0 heterocycles. The van der Waals surface area contributed by atoms with Crippen LogP contribution in [0.15, 0.2) is 29.3 Å². The molecule has 1 aromatic carbocycles. The van der Waals surface area contributed by atoms with Gasteiger partial charge in [-0.15, -0.1) is 0 Å². The molecule has 0 radical (unpaired) electrons. The topological polar surface area (TPSA) is 97.8 Å². The molecule has 0 aliphatic carbocycles. The quantitative estimate of drug-likeness (QED) is 0.296. The first kappa shape index (κ1) is 23.8. The van der Waals surface area contributed by atoms with Crippen molar-refractivity contribution in [1.82, 2.24) is 16.0 Å². The van der Waals surface area contributed by atoms with Crippen LogP contribution >= 0.6 is 0 Å². The lowest BCUT2D eigenvalue weighted by Gasteiger charge is -2.18. The molecular formula is C21H37N5O2. The van der Waals surface area contributed by atoms with Gasteiger partial charge >= 0.3 is 6.03 Å². The summed E-state index contributed by atoms with van der Waals surface area (Å²) in [5, 5.41) is 21.4. The fourth-order valence-electron chi connectivity index (χ4n) is 2.82. The molecule has 0 fully saturated rings. The Morgan fingerprint density at radius 1 is 1.11 bits per heavy atom. The number of hydrogen-bond donors (Lipinski definition) is 5. The van der Waals surface area contributed by atoms with Gasteiger partial charge in [-0.2, -0.15) is 0 Å². The number of rotatable bonds is 11. The molecule has 0 saturated carbocycles. The van der Waals surface area contributed by atoms with E-state index < -0.39 is 0 Å². The van der Waals surface area contributed by atoms with E-state index in [2.05, 4.69) is 33.2 Å². The standard InChI is InChI=1S/C21H37N5O2/c1-5-7-17(12-13-27)14-23-20(22-6-2)24-15-18-8-10-19(11-9-18)26-21(28)25-16(3)4/h8-11,16-17,27H,5-7,12-15H2,1-4H3,(H2,22,23,24)(H2,25,26,28). The number of hydrogen-bond acceptors (Lipinski definition) is 3. The molecule has 28 heavy (non-hydrogen) atoms. The number of carbonyl (C=O) groups is 1. The number of aliphatic imine (C=N–C) groups is 1. The first-order chi connectivity index (χ1) is 13.5. The predicted molar refractivity (Wildman–Crippen MR) is 117 cm³/mol. The summed E-state index contributed by atoms with van der Waals surface area (Å²) < 4.78 is 0. The lowest BCUT2D eigenvalue weighted by Crippen LogP contribution is -2.40. The molecule has 0 aromatic heterocycles. The highest BCUT2D eigenvalue weighted by atomic mass is 16.3. The Bertz CT molecular complexity index is 581. The highest BCUT2D eigenvalue weighted by Crippen LogP contribution is 2.11. The van der Waals surface area contributed by atoms with E-state index in [0.717, 1.165) is 49.6 Å². The molecule has 5 N–H and O–H groups in total. The number of amides is 2. The zero-order valence-electron chi connectivity index (χ0n) is 17.7. The third-order valence-corrected chi connectivity index (χ3v) is 4.19. The van der Waals surface area contributed by atoms with E-state index >= 15 is 0 Å². The smallest absolute Gasteiger partial charge is 0.319 e. The largest absolute Gasteiger partial charge is 0.396 e. The second kappa shape index (κ2) is 13.8. The second-order valence-corrected chi connectivity index (χ2v) is 7.19. The van der Waals surface area contributed by atoms with Crippen LogP contribution in [0.25, 0.3) is 0 Å². The van der Waals surface area contributed by atoms with Crippen LogP contribution < -0.4 is 21.3 Å². The summed E-state index contributed by atoms with van der Waals surface area (Å²) in [5.41, 5.74) is 1.81. The van der Waals surface area contributed by atoms with Crippen molar-refractivity contribution in [2.45, 2.75) is 59.5 Å². The Labute approximate surface area is 169 Å². The summed E-state index contributed by atoms with van der Waals surface area (Å²) in [5.74, 6) is 1.22. The number of urea groups is 1. The minimum atomic E-state index is -0.205. The van der Waals surface area contributed by atoms with E-state index in [1.165, 1.54) is 0 Å². The normalized spacial score (nSPS) is 12.6. The molecule has 0 bridgehead atoms. The van der Waals surface area contributed by atoms with Crippen LogP contribution in [0.2, 0.25) is 0 Å². The van der Waals surface area contributed by atoms with Crippen molar-refractivity contribution in [3.05, 3.63) is 29.8 Å². The Morgan fingerprint density at radius 2 is 1.82 bits per heavy atom. The molecule has 0 aliphatic heterocycles. The first-order valence-electron chi connectivity index (χ1n) is 10.3. The summed E-state index contributed by atoms with van der Waals surface area (Å²) in [6, 6.07) is 7.57. The monoisotopic (exact) mass is 391 g/mol. The van der Waals surface area contributed by atoms with Crippen LogP contribution in [-0.2, 0) is 6.54 Å². The molecule has 1 rings (SSSR count). The van der Waals surface area contributed by atoms with Crippen LogP contribution in [0.4, 0.5) is 10.5 Å². The number of nitrogens with zero attached hydrogens (tertiary/aromatic N) is 1. The SMILES string of the molecule is CCCC(CCO)CNC(=NCc1ccc(NC(=O)NC(C)C)cc1)NCC. The summed E-state index contributed by atoms with van der Waals surface area (Å²) >= 11 is 0. The fraction of sp³-hybridized carbons (Fsp3) is 0.619. The van der Waals surface area contributed by atoms with Gasteiger partial charge in [0.1, 0.15) is 0 Å². The lowest BCUT2D eigenvalue weighted by molar-refractivity contribution is 0.250. The van der Waals surface area contributed by atoms with E-state index in [4.69, 9.17) is 0 Å². The molecule has 0 aliphatic rings. The predicted octanol–water partition coefficient (Wildman–Crippen LogP) is 3.07. The Kier molecular flexibility index (Phi) is 11.7. The van der Waals surface area contributed by atoms with E-state index in [-0.39, 0.29) is 18.7 Å². The van der Waals surface area contributed by atoms with E-state index in [0.29, 0.717) is 12.5 Å². The molecule has 1 atom stereocenters. The molecule has 1 aromatic rings. The summed E-state index contributed by atoms with van der Waals surface area (Å²) in [6.45, 7) is 10.4. The zero-order chi connectivity index (χ0) is 20.8. The van der Waals surface area contributed by atoms with Gasteiger partial charge < -0.3 is 26.4 Å². The highest BCUT2D eigenvalue weighted by Gasteiger charge is 2.08.